The molecular formula is C11H10O3. The number of ether oxygens (including phenoxy) is 1. The van der Waals surface area contributed by atoms with Gasteiger partial charge in [-0.3, -0.25) is 4.79 Å². The van der Waals surface area contributed by atoms with Crippen molar-refractivity contribution in [3.63, 3.8) is 0 Å². The predicted octanol–water partition coefficient (Wildman–Crippen LogP) is 1.07. The van der Waals surface area contributed by atoms with Crippen molar-refractivity contribution in [1.29, 1.82) is 0 Å². The fourth-order valence-corrected chi connectivity index (χ4v) is 2.17. The molecule has 0 radical (unpaired) electrons. The highest BCUT2D eigenvalue weighted by molar-refractivity contribution is 6.07. The maximum absolute atomic E-state index is 11.9. The van der Waals surface area contributed by atoms with Gasteiger partial charge in [-0.2, -0.15) is 0 Å². The number of carbonyl (C=O) groups is 1. The van der Waals surface area contributed by atoms with E-state index >= 15 is 0 Å². The van der Waals surface area contributed by atoms with Gasteiger partial charge in [0.15, 0.2) is 11.4 Å². The summed E-state index contributed by atoms with van der Waals surface area (Å²) in [5.41, 5.74) is 0.516. The Kier molecular flexibility index (Phi) is 1.30. The second-order valence-corrected chi connectivity index (χ2v) is 4.01. The SMILES string of the molecule is CC12OC1C(O)c1ccccc1C2=O. The van der Waals surface area contributed by atoms with Crippen molar-refractivity contribution in [2.45, 2.75) is 24.7 Å². The Balaban J connectivity index is 2.22. The molecule has 0 aromatic heterocycles. The number of hydrogen-bond donors (Lipinski definition) is 1. The van der Waals surface area contributed by atoms with E-state index < -0.39 is 11.7 Å². The lowest BCUT2D eigenvalue weighted by molar-refractivity contribution is 0.0876. The number of fused-ring (bicyclic) bond motifs is 2. The molecule has 0 saturated carbocycles. The summed E-state index contributed by atoms with van der Waals surface area (Å²) in [7, 11) is 0. The maximum atomic E-state index is 11.9. The van der Waals surface area contributed by atoms with E-state index in [0.29, 0.717) is 11.1 Å². The number of rotatable bonds is 0. The fourth-order valence-electron chi connectivity index (χ4n) is 2.17. The van der Waals surface area contributed by atoms with Crippen LogP contribution >= 0.6 is 0 Å². The molecule has 1 saturated heterocycles. The molecule has 0 spiro atoms. The zero-order valence-electron chi connectivity index (χ0n) is 7.73. The van der Waals surface area contributed by atoms with Gasteiger partial charge >= 0.3 is 0 Å². The van der Waals surface area contributed by atoms with Crippen LogP contribution in [0.2, 0.25) is 0 Å². The van der Waals surface area contributed by atoms with Crippen LogP contribution in [0.5, 0.6) is 0 Å². The third-order valence-electron chi connectivity index (χ3n) is 3.12. The number of Topliss-reactive ketones (excluding diaryl/α,β-unsaturated/α-hetero) is 1. The van der Waals surface area contributed by atoms with Crippen LogP contribution in [0.1, 0.15) is 28.9 Å². The Labute approximate surface area is 81.3 Å². The average Bonchev–Trinajstić information content (AvgIpc) is 2.89. The smallest absolute Gasteiger partial charge is 0.197 e. The second-order valence-electron chi connectivity index (χ2n) is 4.01. The minimum absolute atomic E-state index is 0.0107. The highest BCUT2D eigenvalue weighted by Gasteiger charge is 2.65. The lowest BCUT2D eigenvalue weighted by Gasteiger charge is -2.20. The Morgan fingerprint density at radius 3 is 2.93 bits per heavy atom. The van der Waals surface area contributed by atoms with E-state index in [-0.39, 0.29) is 11.9 Å². The summed E-state index contributed by atoms with van der Waals surface area (Å²) >= 11 is 0. The van der Waals surface area contributed by atoms with E-state index in [4.69, 9.17) is 4.74 Å². The van der Waals surface area contributed by atoms with Gasteiger partial charge in [-0.1, -0.05) is 24.3 Å². The monoisotopic (exact) mass is 190 g/mol. The van der Waals surface area contributed by atoms with Gasteiger partial charge in [0.05, 0.1) is 0 Å². The summed E-state index contributed by atoms with van der Waals surface area (Å²) in [6.45, 7) is 1.74. The Morgan fingerprint density at radius 2 is 2.14 bits per heavy atom. The normalized spacial score (nSPS) is 38.9. The first-order valence-corrected chi connectivity index (χ1v) is 4.64. The molecule has 1 N–H and O–H groups in total. The molecule has 1 aliphatic heterocycles. The van der Waals surface area contributed by atoms with Crippen molar-refractivity contribution in [2.75, 3.05) is 0 Å². The topological polar surface area (TPSA) is 49.8 Å². The Morgan fingerprint density at radius 1 is 1.43 bits per heavy atom. The second kappa shape index (κ2) is 2.24. The predicted molar refractivity (Wildman–Crippen MR) is 49.0 cm³/mol. The Hall–Kier alpha value is -1.19. The van der Waals surface area contributed by atoms with Crippen LogP contribution in [0.3, 0.4) is 0 Å². The summed E-state index contributed by atoms with van der Waals surface area (Å²) in [4.78, 5) is 11.9. The van der Waals surface area contributed by atoms with Crippen LogP contribution in [0.15, 0.2) is 24.3 Å². The molecular weight excluding hydrogens is 180 g/mol. The molecule has 1 aliphatic carbocycles. The molecule has 72 valence electrons. The highest BCUT2D eigenvalue weighted by Crippen LogP contribution is 2.50. The first-order valence-electron chi connectivity index (χ1n) is 4.64. The lowest BCUT2D eigenvalue weighted by Crippen LogP contribution is -2.32. The van der Waals surface area contributed by atoms with Gasteiger partial charge in [-0.25, -0.2) is 0 Å². The van der Waals surface area contributed by atoms with Crippen molar-refractivity contribution in [1.82, 2.24) is 0 Å². The molecule has 1 fully saturated rings. The number of aliphatic hydroxyl groups is 1. The summed E-state index contributed by atoms with van der Waals surface area (Å²) in [5, 5.41) is 9.88. The van der Waals surface area contributed by atoms with Gasteiger partial charge < -0.3 is 9.84 Å². The van der Waals surface area contributed by atoms with Crippen molar-refractivity contribution < 1.29 is 14.6 Å². The minimum atomic E-state index is -0.770. The van der Waals surface area contributed by atoms with Crippen LogP contribution < -0.4 is 0 Å². The van der Waals surface area contributed by atoms with Gasteiger partial charge in [0, 0.05) is 5.56 Å². The van der Waals surface area contributed by atoms with E-state index in [1.807, 2.05) is 6.07 Å². The van der Waals surface area contributed by atoms with E-state index in [2.05, 4.69) is 0 Å². The number of benzene rings is 1. The quantitative estimate of drug-likeness (QED) is 0.622. The molecule has 1 heterocycles. The Bertz CT molecular complexity index is 426. The van der Waals surface area contributed by atoms with Crippen LogP contribution in [0, 0.1) is 0 Å². The van der Waals surface area contributed by atoms with Crippen molar-refractivity contribution in [3.8, 4) is 0 Å². The van der Waals surface area contributed by atoms with Crippen molar-refractivity contribution in [3.05, 3.63) is 35.4 Å². The molecule has 3 heteroatoms. The summed E-state index contributed by atoms with van der Waals surface area (Å²) in [5.74, 6) is -0.0107. The molecule has 0 amide bonds. The van der Waals surface area contributed by atoms with Gasteiger partial charge in [0.25, 0.3) is 0 Å². The van der Waals surface area contributed by atoms with Crippen molar-refractivity contribution >= 4 is 5.78 Å². The maximum Gasteiger partial charge on any atom is 0.197 e. The van der Waals surface area contributed by atoms with Crippen LogP contribution in [0.25, 0.3) is 0 Å². The molecule has 1 aromatic carbocycles. The van der Waals surface area contributed by atoms with E-state index in [9.17, 15) is 9.90 Å². The number of ketones is 1. The number of carbonyl (C=O) groups excluding carboxylic acids is 1. The molecule has 14 heavy (non-hydrogen) atoms. The average molecular weight is 190 g/mol. The number of aliphatic hydroxyl groups excluding tert-OH is 1. The highest BCUT2D eigenvalue weighted by atomic mass is 16.6. The van der Waals surface area contributed by atoms with E-state index in [1.165, 1.54) is 0 Å². The van der Waals surface area contributed by atoms with Gasteiger partial charge in [-0.05, 0) is 12.5 Å². The van der Waals surface area contributed by atoms with Gasteiger partial charge in [-0.15, -0.1) is 0 Å². The molecule has 3 unspecified atom stereocenters. The lowest BCUT2D eigenvalue weighted by atomic mass is 9.82. The molecule has 2 aliphatic rings. The minimum Gasteiger partial charge on any atom is -0.386 e. The third-order valence-corrected chi connectivity index (χ3v) is 3.12. The zero-order valence-corrected chi connectivity index (χ0v) is 7.73. The van der Waals surface area contributed by atoms with Gasteiger partial charge in [0.1, 0.15) is 12.2 Å². The summed E-state index contributed by atoms with van der Waals surface area (Å²) in [6, 6.07) is 7.14. The number of epoxide rings is 1. The van der Waals surface area contributed by atoms with Gasteiger partial charge in [0.2, 0.25) is 0 Å². The van der Waals surface area contributed by atoms with Crippen LogP contribution in [0.4, 0.5) is 0 Å². The van der Waals surface area contributed by atoms with E-state index in [1.54, 1.807) is 25.1 Å². The first kappa shape index (κ1) is 8.15. The number of hydrogen-bond acceptors (Lipinski definition) is 3. The zero-order chi connectivity index (χ0) is 9.92. The van der Waals surface area contributed by atoms with Crippen LogP contribution in [-0.4, -0.2) is 22.6 Å². The molecule has 0 bridgehead atoms. The van der Waals surface area contributed by atoms with Crippen LogP contribution in [-0.2, 0) is 4.74 Å². The third kappa shape index (κ3) is 0.768. The first-order chi connectivity index (χ1) is 6.64. The molecule has 1 aromatic rings. The molecule has 3 rings (SSSR count). The van der Waals surface area contributed by atoms with Crippen molar-refractivity contribution in [2.24, 2.45) is 0 Å². The largest absolute Gasteiger partial charge is 0.386 e. The summed E-state index contributed by atoms with van der Waals surface area (Å²) in [6.07, 6.45) is -1.00. The fraction of sp³-hybridized carbons (Fsp3) is 0.364. The van der Waals surface area contributed by atoms with E-state index in [0.717, 1.165) is 0 Å². The molecule has 3 atom stereocenters. The molecule has 3 nitrogen and oxygen atoms in total. The summed E-state index contributed by atoms with van der Waals surface area (Å²) < 4.78 is 5.27. The standard InChI is InChI=1S/C11H10O3/c1-11-9(13)7-5-3-2-4-6(7)8(12)10(11)14-11/h2-5,8,10,12H,1H3.